The van der Waals surface area contributed by atoms with Crippen LogP contribution in [0.3, 0.4) is 0 Å². The van der Waals surface area contributed by atoms with Crippen molar-refractivity contribution >= 4 is 21.4 Å². The largest absolute Gasteiger partial charge is 1.00 e. The Morgan fingerprint density at radius 1 is 1.50 bits per heavy atom. The second-order valence-corrected chi connectivity index (χ2v) is 4.09. The summed E-state index contributed by atoms with van der Waals surface area (Å²) in [5.41, 5.74) is 0. The smallest absolute Gasteiger partial charge is 0.559 e. The third-order valence-corrected chi connectivity index (χ3v) is 3.03. The molecule has 0 spiro atoms. The summed E-state index contributed by atoms with van der Waals surface area (Å²) in [6.45, 7) is 0. The maximum absolute atomic E-state index is 10.4. The second kappa shape index (κ2) is 3.85. The van der Waals surface area contributed by atoms with Crippen molar-refractivity contribution in [1.29, 1.82) is 0 Å². The minimum Gasteiger partial charge on any atom is -0.559 e. The van der Waals surface area contributed by atoms with Gasteiger partial charge in [-0.1, -0.05) is 6.07 Å². The summed E-state index contributed by atoms with van der Waals surface area (Å²) < 4.78 is 20.8. The maximum atomic E-state index is 10.4. The van der Waals surface area contributed by atoms with Gasteiger partial charge in [0.1, 0.15) is 14.2 Å². The number of hydrogen-bond acceptors (Lipinski definition) is 3. The molecule has 0 saturated carbocycles. The first-order valence-electron chi connectivity index (χ1n) is 2.14. The SMILES string of the molecule is [NH-]S(=O)(=O)c1cccs1.[Na+]. The molecule has 0 aromatic carbocycles. The zero-order valence-corrected chi connectivity index (χ0v) is 9.00. The molecule has 1 aromatic rings. The van der Waals surface area contributed by atoms with Gasteiger partial charge in [-0.05, 0) is 11.4 Å². The third kappa shape index (κ3) is 2.69. The molecule has 0 radical (unpaired) electrons. The molecule has 1 aromatic heterocycles. The number of thiophene rings is 1. The van der Waals surface area contributed by atoms with E-state index in [1.807, 2.05) is 0 Å². The molecule has 0 bridgehead atoms. The molecule has 0 amide bonds. The molecule has 0 aliphatic heterocycles. The molecule has 3 nitrogen and oxygen atoms in total. The van der Waals surface area contributed by atoms with E-state index in [1.54, 1.807) is 11.4 Å². The fourth-order valence-corrected chi connectivity index (χ4v) is 1.80. The van der Waals surface area contributed by atoms with Crippen LogP contribution < -0.4 is 29.6 Å². The van der Waals surface area contributed by atoms with E-state index in [1.165, 1.54) is 6.07 Å². The molecule has 10 heavy (non-hydrogen) atoms. The summed E-state index contributed by atoms with van der Waals surface area (Å²) >= 11 is 1.05. The summed E-state index contributed by atoms with van der Waals surface area (Å²) in [6.07, 6.45) is 0. The van der Waals surface area contributed by atoms with Crippen LogP contribution in [0.25, 0.3) is 5.14 Å². The van der Waals surface area contributed by atoms with Gasteiger partial charge in [-0.25, -0.2) is 8.42 Å². The summed E-state index contributed by atoms with van der Waals surface area (Å²) in [4.78, 5) is 0. The van der Waals surface area contributed by atoms with E-state index < -0.39 is 10.0 Å². The number of rotatable bonds is 1. The van der Waals surface area contributed by atoms with Gasteiger partial charge in [-0.3, -0.25) is 0 Å². The Kier molecular flexibility index (Phi) is 4.08. The Bertz CT molecular complexity index is 278. The van der Waals surface area contributed by atoms with Crippen LogP contribution in [0.15, 0.2) is 21.7 Å². The number of sulfonamides is 1. The maximum Gasteiger partial charge on any atom is 1.00 e. The van der Waals surface area contributed by atoms with Crippen molar-refractivity contribution < 1.29 is 38.0 Å². The standard InChI is InChI=1S/C4H4NO2S2.Na/c5-9(6,7)4-2-1-3-8-4;/h1-3H,(H-,5,6,7);/q-1;+1. The van der Waals surface area contributed by atoms with Crippen LogP contribution in [0.2, 0.25) is 0 Å². The Morgan fingerprint density at radius 2 is 2.10 bits per heavy atom. The Balaban J connectivity index is 0.000000810. The third-order valence-electron chi connectivity index (χ3n) is 0.760. The molecule has 1 rings (SSSR count). The van der Waals surface area contributed by atoms with Crippen molar-refractivity contribution in [3.8, 4) is 0 Å². The number of hydrogen-bond donors (Lipinski definition) is 0. The van der Waals surface area contributed by atoms with Gasteiger partial charge in [-0.15, -0.1) is 11.3 Å². The first-order valence-corrected chi connectivity index (χ1v) is 4.50. The van der Waals surface area contributed by atoms with Gasteiger partial charge in [0.2, 0.25) is 0 Å². The molecule has 6 heteroatoms. The Hall–Kier alpha value is 0.610. The summed E-state index contributed by atoms with van der Waals surface area (Å²) in [6, 6.07) is 3.01. The van der Waals surface area contributed by atoms with E-state index in [0.717, 1.165) is 11.3 Å². The summed E-state index contributed by atoms with van der Waals surface area (Å²) in [5.74, 6) is 0. The fraction of sp³-hybridized carbons (Fsp3) is 0. The summed E-state index contributed by atoms with van der Waals surface area (Å²) in [7, 11) is -3.69. The summed E-state index contributed by atoms with van der Waals surface area (Å²) in [5, 5.41) is 8.20. The van der Waals surface area contributed by atoms with Crippen LogP contribution in [-0.2, 0) is 10.0 Å². The topological polar surface area (TPSA) is 57.9 Å². The quantitative estimate of drug-likeness (QED) is 0.500. The molecule has 50 valence electrons. The van der Waals surface area contributed by atoms with Crippen LogP contribution >= 0.6 is 11.3 Å². The van der Waals surface area contributed by atoms with E-state index in [-0.39, 0.29) is 33.8 Å². The minimum atomic E-state index is -3.69. The molecule has 0 unspecified atom stereocenters. The van der Waals surface area contributed by atoms with E-state index in [4.69, 9.17) is 5.14 Å². The molecule has 0 aliphatic rings. The van der Waals surface area contributed by atoms with Gasteiger partial charge in [0, 0.05) is 0 Å². The number of nitrogens with one attached hydrogen (secondary N) is 1. The Labute approximate surface area is 85.6 Å². The van der Waals surface area contributed by atoms with E-state index in [9.17, 15) is 8.42 Å². The van der Waals surface area contributed by atoms with Crippen molar-refractivity contribution in [2.45, 2.75) is 4.21 Å². The van der Waals surface area contributed by atoms with Gasteiger partial charge in [0.25, 0.3) is 0 Å². The molecular weight excluding hydrogens is 181 g/mol. The van der Waals surface area contributed by atoms with Crippen LogP contribution in [0.4, 0.5) is 0 Å². The van der Waals surface area contributed by atoms with E-state index in [2.05, 4.69) is 0 Å². The second-order valence-electron chi connectivity index (χ2n) is 1.44. The minimum absolute atomic E-state index is 0. The van der Waals surface area contributed by atoms with Gasteiger partial charge in [-0.2, -0.15) is 0 Å². The van der Waals surface area contributed by atoms with Crippen molar-refractivity contribution in [2.24, 2.45) is 0 Å². The molecule has 0 saturated heterocycles. The predicted molar refractivity (Wildman–Crippen MR) is 35.8 cm³/mol. The average molecular weight is 185 g/mol. The normalized spacial score (nSPS) is 10.5. The predicted octanol–water partition coefficient (Wildman–Crippen LogP) is -1.51. The van der Waals surface area contributed by atoms with E-state index in [0.29, 0.717) is 0 Å². The monoisotopic (exact) mass is 185 g/mol. The molecule has 1 heterocycles. The van der Waals surface area contributed by atoms with E-state index >= 15 is 0 Å². The Morgan fingerprint density at radius 3 is 2.30 bits per heavy atom. The van der Waals surface area contributed by atoms with Crippen LogP contribution in [-0.4, -0.2) is 8.42 Å². The first kappa shape index (κ1) is 10.6. The molecule has 0 fully saturated rings. The molecule has 0 atom stereocenters. The molecule has 0 aliphatic carbocycles. The average Bonchev–Trinajstić information content (AvgIpc) is 2.08. The van der Waals surface area contributed by atoms with Crippen molar-refractivity contribution in [2.75, 3.05) is 0 Å². The van der Waals surface area contributed by atoms with Gasteiger partial charge < -0.3 is 5.14 Å². The van der Waals surface area contributed by atoms with Crippen molar-refractivity contribution in [3.05, 3.63) is 22.7 Å². The molecular formula is C4H4NNaO2S2. The van der Waals surface area contributed by atoms with Crippen molar-refractivity contribution in [1.82, 2.24) is 0 Å². The van der Waals surface area contributed by atoms with Gasteiger partial charge in [0.05, 0.1) is 0 Å². The van der Waals surface area contributed by atoms with Gasteiger partial charge >= 0.3 is 29.6 Å². The first-order chi connectivity index (χ1) is 4.11. The molecule has 1 N–H and O–H groups in total. The zero-order chi connectivity index (χ0) is 6.91. The van der Waals surface area contributed by atoms with Crippen LogP contribution in [0.1, 0.15) is 0 Å². The van der Waals surface area contributed by atoms with Crippen LogP contribution in [0.5, 0.6) is 0 Å². The van der Waals surface area contributed by atoms with Gasteiger partial charge in [0.15, 0.2) is 0 Å². The van der Waals surface area contributed by atoms with Crippen molar-refractivity contribution in [3.63, 3.8) is 0 Å². The van der Waals surface area contributed by atoms with Crippen LogP contribution in [0, 0.1) is 0 Å². The zero-order valence-electron chi connectivity index (χ0n) is 5.37. The fourth-order valence-electron chi connectivity index (χ4n) is 0.416.